The molecule has 0 aromatic heterocycles. The van der Waals surface area contributed by atoms with Crippen LogP contribution in [0.25, 0.3) is 0 Å². The average Bonchev–Trinajstić information content (AvgIpc) is 2.46. The normalized spacial score (nSPS) is 14.9. The molecule has 110 valence electrons. The summed E-state index contributed by atoms with van der Waals surface area (Å²) in [6.45, 7) is 0.827. The minimum Gasteiger partial charge on any atom is -0.486 e. The molecule has 2 aromatic rings. The molecule has 3 nitrogen and oxygen atoms in total. The number of hydrogen-bond donors (Lipinski definition) is 1. The Hall–Kier alpha value is -1.85. The summed E-state index contributed by atoms with van der Waals surface area (Å²) < 4.78 is 38.5. The van der Waals surface area contributed by atoms with Gasteiger partial charge in [-0.1, -0.05) is 17.7 Å². The summed E-state index contributed by atoms with van der Waals surface area (Å²) in [5.74, 6) is -0.467. The zero-order valence-electron chi connectivity index (χ0n) is 10.9. The third-order valence-electron chi connectivity index (χ3n) is 3.31. The van der Waals surface area contributed by atoms with Gasteiger partial charge in [0.05, 0.1) is 6.04 Å². The topological polar surface area (TPSA) is 44.5 Å². The van der Waals surface area contributed by atoms with Crippen LogP contribution in [0.3, 0.4) is 0 Å². The van der Waals surface area contributed by atoms with Gasteiger partial charge in [0.15, 0.2) is 11.5 Å². The summed E-state index contributed by atoms with van der Waals surface area (Å²) in [7, 11) is 0. The lowest BCUT2D eigenvalue weighted by Gasteiger charge is -2.22. The molecule has 2 aromatic carbocycles. The molecule has 0 saturated heterocycles. The first-order valence-electron chi connectivity index (χ1n) is 6.36. The summed E-state index contributed by atoms with van der Waals surface area (Å²) in [4.78, 5) is 0. The molecule has 1 atom stereocenters. The molecular weight excluding hydrogens is 300 g/mol. The number of fused-ring (bicyclic) bond motifs is 1. The maximum absolute atomic E-state index is 13.8. The lowest BCUT2D eigenvalue weighted by molar-refractivity contribution is 0.171. The van der Waals surface area contributed by atoms with E-state index >= 15 is 0 Å². The third kappa shape index (κ3) is 2.54. The van der Waals surface area contributed by atoms with Gasteiger partial charge in [-0.3, -0.25) is 0 Å². The van der Waals surface area contributed by atoms with Gasteiger partial charge in [0.25, 0.3) is 0 Å². The zero-order valence-corrected chi connectivity index (χ0v) is 11.7. The van der Waals surface area contributed by atoms with Crippen molar-refractivity contribution in [2.24, 2.45) is 5.73 Å². The Labute approximate surface area is 125 Å². The van der Waals surface area contributed by atoms with Crippen molar-refractivity contribution in [3.05, 3.63) is 58.1 Å². The van der Waals surface area contributed by atoms with E-state index in [0.29, 0.717) is 30.3 Å². The van der Waals surface area contributed by atoms with E-state index in [2.05, 4.69) is 0 Å². The van der Waals surface area contributed by atoms with Crippen molar-refractivity contribution in [2.75, 3.05) is 13.2 Å². The largest absolute Gasteiger partial charge is 0.486 e. The van der Waals surface area contributed by atoms with E-state index in [-0.39, 0.29) is 10.6 Å². The van der Waals surface area contributed by atoms with E-state index in [0.717, 1.165) is 12.1 Å². The van der Waals surface area contributed by atoms with Crippen molar-refractivity contribution in [3.63, 3.8) is 0 Å². The molecular formula is C15H12ClF2NO2. The molecule has 3 rings (SSSR count). The van der Waals surface area contributed by atoms with Crippen molar-refractivity contribution in [1.82, 2.24) is 0 Å². The van der Waals surface area contributed by atoms with Gasteiger partial charge in [-0.15, -0.1) is 0 Å². The summed E-state index contributed by atoms with van der Waals surface area (Å²) in [6.07, 6.45) is 0. The van der Waals surface area contributed by atoms with Crippen LogP contribution >= 0.6 is 11.6 Å². The summed E-state index contributed by atoms with van der Waals surface area (Å²) in [5.41, 5.74) is 6.14. The van der Waals surface area contributed by atoms with Crippen LogP contribution in [-0.2, 0) is 0 Å². The highest BCUT2D eigenvalue weighted by molar-refractivity contribution is 6.31. The first kappa shape index (κ1) is 14.1. The van der Waals surface area contributed by atoms with Crippen LogP contribution < -0.4 is 15.2 Å². The molecule has 0 aliphatic carbocycles. The fraction of sp³-hybridized carbons (Fsp3) is 0.200. The predicted molar refractivity (Wildman–Crippen MR) is 74.8 cm³/mol. The molecule has 1 aliphatic rings. The lowest BCUT2D eigenvalue weighted by Crippen LogP contribution is -2.19. The molecule has 0 amide bonds. The van der Waals surface area contributed by atoms with E-state index < -0.39 is 17.7 Å². The lowest BCUT2D eigenvalue weighted by atomic mass is 9.98. The Morgan fingerprint density at radius 3 is 2.24 bits per heavy atom. The number of rotatable bonds is 2. The molecule has 0 bridgehead atoms. The summed E-state index contributed by atoms with van der Waals surface area (Å²) in [6, 6.07) is 5.67. The maximum atomic E-state index is 13.8. The zero-order chi connectivity index (χ0) is 15.0. The van der Waals surface area contributed by atoms with Crippen molar-refractivity contribution in [3.8, 4) is 11.5 Å². The molecule has 1 unspecified atom stereocenters. The standard InChI is InChI=1S/C15H12ClF2NO2/c16-9-7-13-12(20-4-5-21-13)6-8(9)15(19)14-10(17)2-1-3-11(14)18/h1-3,6-7,15H,4-5,19H2. The molecule has 0 spiro atoms. The van der Waals surface area contributed by atoms with Crippen LogP contribution in [0.4, 0.5) is 8.78 Å². The van der Waals surface area contributed by atoms with Crippen LogP contribution in [0.5, 0.6) is 11.5 Å². The Balaban J connectivity index is 2.07. The van der Waals surface area contributed by atoms with Gasteiger partial charge in [-0.25, -0.2) is 8.78 Å². The van der Waals surface area contributed by atoms with Crippen molar-refractivity contribution in [2.45, 2.75) is 6.04 Å². The number of nitrogens with two attached hydrogens (primary N) is 1. The highest BCUT2D eigenvalue weighted by atomic mass is 35.5. The molecule has 1 heterocycles. The SMILES string of the molecule is NC(c1cc2c(cc1Cl)OCCO2)c1c(F)cccc1F. The van der Waals surface area contributed by atoms with Gasteiger partial charge in [-0.05, 0) is 23.8 Å². The van der Waals surface area contributed by atoms with Gasteiger partial charge >= 0.3 is 0 Å². The first-order valence-corrected chi connectivity index (χ1v) is 6.74. The van der Waals surface area contributed by atoms with Gasteiger partial charge in [-0.2, -0.15) is 0 Å². The van der Waals surface area contributed by atoms with Crippen LogP contribution in [0, 0.1) is 11.6 Å². The van der Waals surface area contributed by atoms with Gasteiger partial charge in [0, 0.05) is 16.7 Å². The first-order chi connectivity index (χ1) is 10.1. The van der Waals surface area contributed by atoms with Crippen LogP contribution in [-0.4, -0.2) is 13.2 Å². The summed E-state index contributed by atoms with van der Waals surface area (Å²) >= 11 is 6.15. The molecule has 0 saturated carbocycles. The highest BCUT2D eigenvalue weighted by Crippen LogP contribution is 2.39. The minimum absolute atomic E-state index is 0.226. The van der Waals surface area contributed by atoms with Crippen LogP contribution in [0.2, 0.25) is 5.02 Å². The Kier molecular flexibility index (Phi) is 3.69. The third-order valence-corrected chi connectivity index (χ3v) is 3.63. The molecule has 0 fully saturated rings. The van der Waals surface area contributed by atoms with Crippen molar-refractivity contribution < 1.29 is 18.3 Å². The van der Waals surface area contributed by atoms with Crippen LogP contribution in [0.1, 0.15) is 17.2 Å². The van der Waals surface area contributed by atoms with Crippen molar-refractivity contribution in [1.29, 1.82) is 0 Å². The second-order valence-electron chi connectivity index (χ2n) is 4.63. The Morgan fingerprint density at radius 2 is 1.62 bits per heavy atom. The second kappa shape index (κ2) is 5.50. The van der Waals surface area contributed by atoms with Gasteiger partial charge < -0.3 is 15.2 Å². The molecule has 0 radical (unpaired) electrons. The fourth-order valence-electron chi connectivity index (χ4n) is 2.28. The quantitative estimate of drug-likeness (QED) is 0.924. The number of hydrogen-bond acceptors (Lipinski definition) is 3. The highest BCUT2D eigenvalue weighted by Gasteiger charge is 2.23. The van der Waals surface area contributed by atoms with Crippen LogP contribution in [0.15, 0.2) is 30.3 Å². The Morgan fingerprint density at radius 1 is 1.05 bits per heavy atom. The Bertz CT molecular complexity index is 673. The maximum Gasteiger partial charge on any atom is 0.162 e. The molecule has 6 heteroatoms. The van der Waals surface area contributed by atoms with E-state index in [1.165, 1.54) is 6.07 Å². The number of ether oxygens (including phenoxy) is 2. The smallest absolute Gasteiger partial charge is 0.162 e. The van der Waals surface area contributed by atoms with E-state index in [9.17, 15) is 8.78 Å². The average molecular weight is 312 g/mol. The van der Waals surface area contributed by atoms with E-state index in [4.69, 9.17) is 26.8 Å². The number of halogens is 3. The minimum atomic E-state index is -1.03. The van der Waals surface area contributed by atoms with Crippen molar-refractivity contribution >= 4 is 11.6 Å². The molecule has 21 heavy (non-hydrogen) atoms. The predicted octanol–water partition coefficient (Wildman–Crippen LogP) is 3.44. The monoisotopic (exact) mass is 311 g/mol. The van der Waals surface area contributed by atoms with Gasteiger partial charge in [0.2, 0.25) is 0 Å². The second-order valence-corrected chi connectivity index (χ2v) is 5.04. The summed E-state index contributed by atoms with van der Waals surface area (Å²) in [5, 5.41) is 0.273. The van der Waals surface area contributed by atoms with E-state index in [1.807, 2.05) is 0 Å². The van der Waals surface area contributed by atoms with E-state index in [1.54, 1.807) is 12.1 Å². The fourth-order valence-corrected chi connectivity index (χ4v) is 2.55. The molecule has 2 N–H and O–H groups in total. The number of benzene rings is 2. The molecule has 1 aliphatic heterocycles. The van der Waals surface area contributed by atoms with Gasteiger partial charge in [0.1, 0.15) is 24.8 Å².